The molecule has 2 rings (SSSR count). The zero-order valence-corrected chi connectivity index (χ0v) is 11.1. The molecule has 0 radical (unpaired) electrons. The number of fused-ring (bicyclic) bond motifs is 1. The molecule has 0 unspecified atom stereocenters. The summed E-state index contributed by atoms with van der Waals surface area (Å²) < 4.78 is 1.92. The molecule has 0 spiro atoms. The summed E-state index contributed by atoms with van der Waals surface area (Å²) in [5.41, 5.74) is 2.44. The van der Waals surface area contributed by atoms with Gasteiger partial charge in [-0.05, 0) is 32.9 Å². The maximum absolute atomic E-state index is 12.2. The van der Waals surface area contributed by atoms with Gasteiger partial charge in [0.25, 0.3) is 5.91 Å². The lowest BCUT2D eigenvalue weighted by atomic mass is 10.1. The summed E-state index contributed by atoms with van der Waals surface area (Å²) in [6, 6.07) is 5.17. The Morgan fingerprint density at radius 2 is 2.06 bits per heavy atom. The molecule has 0 aliphatic heterocycles. The first-order chi connectivity index (χ1) is 8.41. The van der Waals surface area contributed by atoms with E-state index in [0.29, 0.717) is 5.56 Å². The van der Waals surface area contributed by atoms with Crippen molar-refractivity contribution in [3.8, 4) is 5.75 Å². The highest BCUT2D eigenvalue weighted by Gasteiger charge is 2.18. The second-order valence-electron chi connectivity index (χ2n) is 4.85. The van der Waals surface area contributed by atoms with Crippen LogP contribution in [0.5, 0.6) is 5.75 Å². The van der Waals surface area contributed by atoms with Crippen LogP contribution in [0.15, 0.2) is 18.2 Å². The van der Waals surface area contributed by atoms with Gasteiger partial charge in [0.15, 0.2) is 0 Å². The number of aromatic nitrogens is 1. The number of amides is 1. The number of hydrogen-bond acceptors (Lipinski definition) is 2. The summed E-state index contributed by atoms with van der Waals surface area (Å²) >= 11 is 0. The molecule has 1 aromatic heterocycles. The highest BCUT2D eigenvalue weighted by atomic mass is 16.3. The van der Waals surface area contributed by atoms with Crippen molar-refractivity contribution < 1.29 is 9.90 Å². The zero-order valence-electron chi connectivity index (χ0n) is 11.1. The SMILES string of the molecule is Cc1c(C(=O)NC(C)C)c2ccc(O)cc2n1C. The van der Waals surface area contributed by atoms with Crippen molar-refractivity contribution >= 4 is 16.8 Å². The third-order valence-corrected chi connectivity index (χ3v) is 3.12. The smallest absolute Gasteiger partial charge is 0.253 e. The van der Waals surface area contributed by atoms with Gasteiger partial charge in [0, 0.05) is 30.2 Å². The maximum Gasteiger partial charge on any atom is 0.253 e. The molecule has 1 heterocycles. The normalized spacial score (nSPS) is 11.2. The Labute approximate surface area is 106 Å². The van der Waals surface area contributed by atoms with Crippen molar-refractivity contribution in [1.29, 1.82) is 0 Å². The summed E-state index contributed by atoms with van der Waals surface area (Å²) in [4.78, 5) is 12.2. The van der Waals surface area contributed by atoms with E-state index in [1.165, 1.54) is 0 Å². The number of aromatic hydroxyl groups is 1. The molecule has 2 aromatic rings. The molecule has 0 aliphatic rings. The average Bonchev–Trinajstić information content (AvgIpc) is 2.51. The summed E-state index contributed by atoms with van der Waals surface area (Å²) in [6.45, 7) is 5.78. The summed E-state index contributed by atoms with van der Waals surface area (Å²) in [6.07, 6.45) is 0. The Hall–Kier alpha value is -1.97. The molecular formula is C14H18N2O2. The van der Waals surface area contributed by atoms with E-state index in [0.717, 1.165) is 16.6 Å². The quantitative estimate of drug-likeness (QED) is 0.854. The van der Waals surface area contributed by atoms with E-state index < -0.39 is 0 Å². The fourth-order valence-corrected chi connectivity index (χ4v) is 2.17. The Morgan fingerprint density at radius 3 is 2.67 bits per heavy atom. The predicted molar refractivity (Wildman–Crippen MR) is 71.9 cm³/mol. The molecule has 96 valence electrons. The van der Waals surface area contributed by atoms with Gasteiger partial charge in [-0.3, -0.25) is 4.79 Å². The van der Waals surface area contributed by atoms with Crippen molar-refractivity contribution in [2.24, 2.45) is 7.05 Å². The van der Waals surface area contributed by atoms with E-state index in [1.807, 2.05) is 32.4 Å². The standard InChI is InChI=1S/C14H18N2O2/c1-8(2)15-14(18)13-9(3)16(4)12-7-10(17)5-6-11(12)13/h5-8,17H,1-4H3,(H,15,18). The Morgan fingerprint density at radius 1 is 1.39 bits per heavy atom. The van der Waals surface area contributed by atoms with Gasteiger partial charge in [0.2, 0.25) is 0 Å². The molecule has 18 heavy (non-hydrogen) atoms. The number of carbonyl (C=O) groups excluding carboxylic acids is 1. The van der Waals surface area contributed by atoms with Crippen LogP contribution in [0.4, 0.5) is 0 Å². The van der Waals surface area contributed by atoms with Crippen molar-refractivity contribution in [3.63, 3.8) is 0 Å². The minimum absolute atomic E-state index is 0.0706. The Bertz CT molecular complexity index is 612. The fourth-order valence-electron chi connectivity index (χ4n) is 2.17. The van der Waals surface area contributed by atoms with Gasteiger partial charge in [-0.1, -0.05) is 0 Å². The molecule has 0 saturated heterocycles. The number of phenolic OH excluding ortho intramolecular Hbond substituents is 1. The van der Waals surface area contributed by atoms with Gasteiger partial charge < -0.3 is 15.0 Å². The van der Waals surface area contributed by atoms with Gasteiger partial charge in [0.1, 0.15) is 5.75 Å². The number of rotatable bonds is 2. The number of phenols is 1. The highest BCUT2D eigenvalue weighted by Crippen LogP contribution is 2.27. The van der Waals surface area contributed by atoms with E-state index in [9.17, 15) is 9.90 Å². The average molecular weight is 246 g/mol. The van der Waals surface area contributed by atoms with Crippen LogP contribution in [-0.4, -0.2) is 21.6 Å². The third kappa shape index (κ3) is 1.94. The Kier molecular flexibility index (Phi) is 3.03. The van der Waals surface area contributed by atoms with Crippen molar-refractivity contribution in [1.82, 2.24) is 9.88 Å². The fraction of sp³-hybridized carbons (Fsp3) is 0.357. The minimum Gasteiger partial charge on any atom is -0.508 e. The largest absolute Gasteiger partial charge is 0.508 e. The van der Waals surface area contributed by atoms with E-state index in [2.05, 4.69) is 5.32 Å². The van der Waals surface area contributed by atoms with Crippen LogP contribution < -0.4 is 5.32 Å². The number of hydrogen-bond donors (Lipinski definition) is 2. The van der Waals surface area contributed by atoms with Crippen molar-refractivity contribution in [2.45, 2.75) is 26.8 Å². The second kappa shape index (κ2) is 4.37. The van der Waals surface area contributed by atoms with Gasteiger partial charge in [-0.25, -0.2) is 0 Å². The molecule has 0 fully saturated rings. The van der Waals surface area contributed by atoms with Crippen LogP contribution in [0.1, 0.15) is 29.9 Å². The third-order valence-electron chi connectivity index (χ3n) is 3.12. The maximum atomic E-state index is 12.2. The minimum atomic E-state index is -0.0706. The summed E-state index contributed by atoms with van der Waals surface area (Å²) in [5, 5.41) is 13.3. The summed E-state index contributed by atoms with van der Waals surface area (Å²) in [7, 11) is 1.89. The topological polar surface area (TPSA) is 54.3 Å². The monoisotopic (exact) mass is 246 g/mol. The molecule has 0 aliphatic carbocycles. The van der Waals surface area contributed by atoms with Crippen LogP contribution >= 0.6 is 0 Å². The van der Waals surface area contributed by atoms with Gasteiger partial charge in [-0.15, -0.1) is 0 Å². The first kappa shape index (κ1) is 12.5. The van der Waals surface area contributed by atoms with E-state index in [1.54, 1.807) is 18.2 Å². The van der Waals surface area contributed by atoms with Crippen LogP contribution in [0, 0.1) is 6.92 Å². The van der Waals surface area contributed by atoms with E-state index >= 15 is 0 Å². The lowest BCUT2D eigenvalue weighted by Crippen LogP contribution is -2.30. The molecule has 4 nitrogen and oxygen atoms in total. The van der Waals surface area contributed by atoms with Gasteiger partial charge in [-0.2, -0.15) is 0 Å². The molecule has 2 N–H and O–H groups in total. The lowest BCUT2D eigenvalue weighted by Gasteiger charge is -2.08. The van der Waals surface area contributed by atoms with Crippen molar-refractivity contribution in [3.05, 3.63) is 29.5 Å². The lowest BCUT2D eigenvalue weighted by molar-refractivity contribution is 0.0944. The number of nitrogens with zero attached hydrogens (tertiary/aromatic N) is 1. The molecule has 1 amide bonds. The van der Waals surface area contributed by atoms with Crippen LogP contribution in [0.25, 0.3) is 10.9 Å². The van der Waals surface area contributed by atoms with E-state index in [4.69, 9.17) is 0 Å². The van der Waals surface area contributed by atoms with Gasteiger partial charge in [0.05, 0.1) is 11.1 Å². The number of benzene rings is 1. The van der Waals surface area contributed by atoms with Crippen molar-refractivity contribution in [2.75, 3.05) is 0 Å². The molecule has 0 atom stereocenters. The van der Waals surface area contributed by atoms with Crippen LogP contribution in [0.2, 0.25) is 0 Å². The number of nitrogens with one attached hydrogen (secondary N) is 1. The molecular weight excluding hydrogens is 228 g/mol. The highest BCUT2D eigenvalue weighted by molar-refractivity contribution is 6.08. The van der Waals surface area contributed by atoms with E-state index in [-0.39, 0.29) is 17.7 Å². The predicted octanol–water partition coefficient (Wildman–Crippen LogP) is 2.33. The Balaban J connectivity index is 2.64. The molecule has 0 bridgehead atoms. The zero-order chi connectivity index (χ0) is 13.4. The number of carbonyl (C=O) groups is 1. The molecule has 1 aromatic carbocycles. The van der Waals surface area contributed by atoms with Crippen LogP contribution in [0.3, 0.4) is 0 Å². The molecule has 4 heteroatoms. The number of aryl methyl sites for hydroxylation is 1. The second-order valence-corrected chi connectivity index (χ2v) is 4.85. The first-order valence-electron chi connectivity index (χ1n) is 6.00. The summed E-state index contributed by atoms with van der Waals surface area (Å²) in [5.74, 6) is 0.137. The molecule has 0 saturated carbocycles. The first-order valence-corrected chi connectivity index (χ1v) is 6.00. The van der Waals surface area contributed by atoms with Gasteiger partial charge >= 0.3 is 0 Å². The van der Waals surface area contributed by atoms with Crippen LogP contribution in [-0.2, 0) is 7.05 Å².